The van der Waals surface area contributed by atoms with E-state index in [1.165, 1.54) is 11.8 Å². The molecule has 1 aliphatic heterocycles. The topological polar surface area (TPSA) is 29.1 Å². The van der Waals surface area contributed by atoms with Crippen molar-refractivity contribution in [2.45, 2.75) is 18.6 Å². The van der Waals surface area contributed by atoms with Crippen molar-refractivity contribution in [3.8, 4) is 0 Å². The molecule has 1 fully saturated rings. The lowest BCUT2D eigenvalue weighted by Crippen LogP contribution is -2.28. The largest absolute Gasteiger partial charge is 0.310 e. The fourth-order valence-corrected chi connectivity index (χ4v) is 1.59. The minimum Gasteiger partial charge on any atom is -0.310 e. The highest BCUT2D eigenvalue weighted by Crippen LogP contribution is 2.31. The van der Waals surface area contributed by atoms with Crippen molar-refractivity contribution in [2.75, 3.05) is 0 Å². The first kappa shape index (κ1) is 7.02. The summed E-state index contributed by atoms with van der Waals surface area (Å²) in [5.41, 5.74) is 0. The Morgan fingerprint density at radius 2 is 2.22 bits per heavy atom. The van der Waals surface area contributed by atoms with Crippen LogP contribution in [0.5, 0.6) is 0 Å². The number of nitrogens with one attached hydrogen (secondary N) is 1. The Bertz CT molecular complexity index is 176. The zero-order valence-electron chi connectivity index (χ0n) is 5.22. The molecule has 2 nitrogen and oxygen atoms in total. The molecule has 1 rings (SSSR count). The number of carbonyl (C=O) groups excluding carboxylic acids is 1. The van der Waals surface area contributed by atoms with Crippen LogP contribution in [0.2, 0.25) is 0 Å². The first-order valence-corrected chi connectivity index (χ1v) is 3.79. The van der Waals surface area contributed by atoms with Gasteiger partial charge in [0.1, 0.15) is 0 Å². The summed E-state index contributed by atoms with van der Waals surface area (Å²) in [7, 11) is 0. The predicted molar refractivity (Wildman–Crippen MR) is 42.8 cm³/mol. The summed E-state index contributed by atoms with van der Waals surface area (Å²) in [4.78, 5) is 11.3. The number of carbonyl (C=O) groups is 1. The molecule has 0 bridgehead atoms. The Labute approximate surface area is 63.4 Å². The summed E-state index contributed by atoms with van der Waals surface area (Å²) < 4.78 is -0.188. The molecule has 50 valence electrons. The van der Waals surface area contributed by atoms with Crippen LogP contribution in [0.25, 0.3) is 0 Å². The molecule has 0 atom stereocenters. The van der Waals surface area contributed by atoms with Gasteiger partial charge in [-0.1, -0.05) is 24.0 Å². The molecule has 9 heavy (non-hydrogen) atoms. The second-order valence-corrected chi connectivity index (χ2v) is 4.36. The predicted octanol–water partition coefficient (Wildman–Crippen LogP) is 1.55. The number of hydrogen-bond donors (Lipinski definition) is 1. The second-order valence-electron chi connectivity index (χ2n) is 2.35. The molecule has 0 aromatic rings. The third-order valence-corrected chi connectivity index (χ3v) is 2.85. The summed E-state index contributed by atoms with van der Waals surface area (Å²) in [5.74, 6) is 0. The molecule has 1 aliphatic rings. The highest BCUT2D eigenvalue weighted by atomic mass is 32.2. The smallest absolute Gasteiger partial charge is 0.284 e. The molecule has 1 amide bonds. The lowest BCUT2D eigenvalue weighted by Gasteiger charge is -2.11. The molecule has 0 radical (unpaired) electrons. The van der Waals surface area contributed by atoms with E-state index in [2.05, 4.69) is 5.32 Å². The van der Waals surface area contributed by atoms with Crippen LogP contribution in [0.3, 0.4) is 0 Å². The van der Waals surface area contributed by atoms with Gasteiger partial charge < -0.3 is 5.32 Å². The Morgan fingerprint density at radius 3 is 2.33 bits per heavy atom. The lowest BCUT2D eigenvalue weighted by molar-refractivity contribution is 0.265. The molecule has 0 unspecified atom stereocenters. The van der Waals surface area contributed by atoms with Crippen LogP contribution in [0.4, 0.5) is 4.79 Å². The minimum atomic E-state index is -0.188. The maximum atomic E-state index is 10.6. The molecule has 0 aromatic carbocycles. The van der Waals surface area contributed by atoms with Crippen LogP contribution in [0, 0.1) is 0 Å². The molecule has 1 heterocycles. The van der Waals surface area contributed by atoms with Crippen LogP contribution in [-0.4, -0.2) is 15.0 Å². The Balaban J connectivity index is 2.81. The molecule has 4 heteroatoms. The zero-order chi connectivity index (χ0) is 7.07. The second kappa shape index (κ2) is 1.95. The third kappa shape index (κ3) is 1.24. The molecular formula is C5H7NOS2. The van der Waals surface area contributed by atoms with Gasteiger partial charge in [0, 0.05) is 0 Å². The van der Waals surface area contributed by atoms with Crippen LogP contribution in [0.1, 0.15) is 13.8 Å². The van der Waals surface area contributed by atoms with Gasteiger partial charge in [-0.15, -0.1) is 0 Å². The summed E-state index contributed by atoms with van der Waals surface area (Å²) in [5, 5.41) is 2.53. The standard InChI is InChI=1S/C5H7NOS2/c1-5(2)3(8)6-4(7)9-5/h1-2H3,(H,6,7,8). The summed E-state index contributed by atoms with van der Waals surface area (Å²) in [6.07, 6.45) is 0. The Kier molecular flexibility index (Phi) is 1.52. The van der Waals surface area contributed by atoms with Crippen molar-refractivity contribution in [3.63, 3.8) is 0 Å². The van der Waals surface area contributed by atoms with E-state index in [1.54, 1.807) is 0 Å². The lowest BCUT2D eigenvalue weighted by atomic mass is 10.2. The number of thioether (sulfide) groups is 1. The van der Waals surface area contributed by atoms with Gasteiger partial charge in [-0.3, -0.25) is 4.79 Å². The van der Waals surface area contributed by atoms with Crippen molar-refractivity contribution >= 4 is 34.2 Å². The average molecular weight is 161 g/mol. The maximum Gasteiger partial charge on any atom is 0.284 e. The number of hydrogen-bond acceptors (Lipinski definition) is 3. The summed E-state index contributed by atoms with van der Waals surface area (Å²) >= 11 is 6.12. The van der Waals surface area contributed by atoms with Crippen LogP contribution >= 0.6 is 24.0 Å². The van der Waals surface area contributed by atoms with E-state index >= 15 is 0 Å². The number of amides is 1. The Morgan fingerprint density at radius 1 is 1.67 bits per heavy atom. The van der Waals surface area contributed by atoms with Gasteiger partial charge in [-0.2, -0.15) is 0 Å². The molecule has 0 aliphatic carbocycles. The fraction of sp³-hybridized carbons (Fsp3) is 0.600. The van der Waals surface area contributed by atoms with Crippen LogP contribution in [-0.2, 0) is 0 Å². The molecule has 0 spiro atoms. The van der Waals surface area contributed by atoms with E-state index in [0.29, 0.717) is 4.99 Å². The number of rotatable bonds is 0. The molecular weight excluding hydrogens is 154 g/mol. The van der Waals surface area contributed by atoms with E-state index in [4.69, 9.17) is 12.2 Å². The van der Waals surface area contributed by atoms with Crippen LogP contribution in [0.15, 0.2) is 0 Å². The molecule has 1 N–H and O–H groups in total. The zero-order valence-corrected chi connectivity index (χ0v) is 6.86. The van der Waals surface area contributed by atoms with E-state index in [1.807, 2.05) is 13.8 Å². The van der Waals surface area contributed by atoms with Gasteiger partial charge in [0.15, 0.2) is 0 Å². The fourth-order valence-electron chi connectivity index (χ4n) is 0.547. The van der Waals surface area contributed by atoms with E-state index in [0.717, 1.165) is 0 Å². The van der Waals surface area contributed by atoms with Gasteiger partial charge in [0.25, 0.3) is 5.24 Å². The van der Waals surface area contributed by atoms with Crippen molar-refractivity contribution in [2.24, 2.45) is 0 Å². The van der Waals surface area contributed by atoms with Gasteiger partial charge in [0.2, 0.25) is 0 Å². The van der Waals surface area contributed by atoms with Gasteiger partial charge >= 0.3 is 0 Å². The first-order valence-electron chi connectivity index (χ1n) is 2.57. The van der Waals surface area contributed by atoms with Gasteiger partial charge in [-0.25, -0.2) is 0 Å². The average Bonchev–Trinajstić information content (AvgIpc) is 1.79. The van der Waals surface area contributed by atoms with Crippen molar-refractivity contribution in [1.29, 1.82) is 0 Å². The highest BCUT2D eigenvalue weighted by Gasteiger charge is 2.35. The maximum absolute atomic E-state index is 10.6. The number of thiocarbonyl (C=S) groups is 1. The van der Waals surface area contributed by atoms with Crippen LogP contribution < -0.4 is 5.32 Å². The quantitative estimate of drug-likeness (QED) is 0.546. The summed E-state index contributed by atoms with van der Waals surface area (Å²) in [6.45, 7) is 3.86. The summed E-state index contributed by atoms with van der Waals surface area (Å²) in [6, 6.07) is 0. The highest BCUT2D eigenvalue weighted by molar-refractivity contribution is 8.16. The van der Waals surface area contributed by atoms with Gasteiger partial charge in [-0.05, 0) is 13.8 Å². The normalized spacial score (nSPS) is 24.2. The first-order chi connectivity index (χ1) is 4.02. The minimum absolute atomic E-state index is 0.0370. The molecule has 0 saturated carbocycles. The molecule has 0 aromatic heterocycles. The van der Waals surface area contributed by atoms with E-state index < -0.39 is 0 Å². The van der Waals surface area contributed by atoms with Crippen molar-refractivity contribution < 1.29 is 4.79 Å². The third-order valence-electron chi connectivity index (χ3n) is 1.11. The van der Waals surface area contributed by atoms with Crippen molar-refractivity contribution in [1.82, 2.24) is 5.32 Å². The van der Waals surface area contributed by atoms with E-state index in [-0.39, 0.29) is 9.99 Å². The van der Waals surface area contributed by atoms with Gasteiger partial charge in [0.05, 0.1) is 9.74 Å². The monoisotopic (exact) mass is 161 g/mol. The SMILES string of the molecule is CC1(C)SC(=O)NC1=S. The van der Waals surface area contributed by atoms with E-state index in [9.17, 15) is 4.79 Å². The molecule has 1 saturated heterocycles. The van der Waals surface area contributed by atoms with Crippen molar-refractivity contribution in [3.05, 3.63) is 0 Å². The Hall–Kier alpha value is -0.0900.